The van der Waals surface area contributed by atoms with Crippen LogP contribution in [-0.4, -0.2) is 10.7 Å². The Morgan fingerprint density at radius 3 is 1.20 bits per heavy atom. The lowest BCUT2D eigenvalue weighted by molar-refractivity contribution is 0.102. The van der Waals surface area contributed by atoms with Gasteiger partial charge in [-0.15, -0.1) is 0 Å². The molecular formula is C4H10O. The topological polar surface area (TPSA) is 20.2 Å². The minimum Gasteiger partial charge on any atom is -0.391 e. The van der Waals surface area contributed by atoms with E-state index in [2.05, 4.69) is 0 Å². The summed E-state index contributed by atoms with van der Waals surface area (Å²) < 4.78 is 0. The van der Waals surface area contributed by atoms with Crippen molar-refractivity contribution in [2.24, 2.45) is 0 Å². The predicted octanol–water partition coefficient (Wildman–Crippen LogP) is 0.777. The van der Waals surface area contributed by atoms with Crippen LogP contribution in [0.25, 0.3) is 0 Å². The first-order valence-corrected chi connectivity index (χ1v) is 1.72. The number of hydrogen-bond acceptors (Lipinski definition) is 1. The molecule has 0 aliphatic rings. The molecule has 1 N–H and O–H groups in total. The van der Waals surface area contributed by atoms with Gasteiger partial charge in [-0.1, -0.05) is 0 Å². The van der Waals surface area contributed by atoms with Crippen molar-refractivity contribution in [3.8, 4) is 0 Å². The number of hydrogen-bond donors (Lipinski definition) is 1. The molecule has 0 radical (unpaired) electrons. The Balaban J connectivity index is 3.02. The van der Waals surface area contributed by atoms with Crippen LogP contribution in [0.4, 0.5) is 0 Å². The van der Waals surface area contributed by atoms with E-state index in [9.17, 15) is 0 Å². The molecule has 0 fully saturated rings. The molecule has 0 unspecified atom stereocenters. The molecular weight excluding hydrogens is 66.0 g/mol. The zero-order valence-corrected chi connectivity index (χ0v) is 3.95. The third-order valence-corrected chi connectivity index (χ3v) is 0. The molecule has 0 rings (SSSR count). The van der Waals surface area contributed by atoms with Gasteiger partial charge in [0.05, 0.1) is 5.60 Å². The predicted molar refractivity (Wildman–Crippen MR) is 22.0 cm³/mol. The monoisotopic (exact) mass is 76.1 g/mol. The van der Waals surface area contributed by atoms with Crippen LogP contribution in [0.3, 0.4) is 0 Å². The summed E-state index contributed by atoms with van der Waals surface area (Å²) in [6, 6.07) is 0. The van der Waals surface area contributed by atoms with E-state index in [-0.39, 0.29) is 0 Å². The summed E-state index contributed by atoms with van der Waals surface area (Å²) in [5, 5.41) is 8.52. The molecule has 1 nitrogen and oxygen atoms in total. The third-order valence-electron chi connectivity index (χ3n) is 0. The summed E-state index contributed by atoms with van der Waals surface area (Å²) in [5.74, 6) is 0. The minimum atomic E-state index is -0.500. The van der Waals surface area contributed by atoms with Crippen molar-refractivity contribution in [2.75, 3.05) is 0 Å². The Bertz CT molecular complexity index is 19.1. The van der Waals surface area contributed by atoms with Gasteiger partial charge >= 0.3 is 0 Å². The van der Waals surface area contributed by atoms with Crippen LogP contribution in [0.5, 0.6) is 0 Å². The van der Waals surface area contributed by atoms with Crippen LogP contribution < -0.4 is 0 Å². The maximum absolute atomic E-state index is 8.52. The summed E-state index contributed by atoms with van der Waals surface area (Å²) >= 11 is 0. The summed E-state index contributed by atoms with van der Waals surface area (Å²) in [6.45, 7) is 5.23. The van der Waals surface area contributed by atoms with Gasteiger partial charge in [-0.3, -0.25) is 0 Å². The molecule has 0 aromatic heterocycles. The van der Waals surface area contributed by atoms with Gasteiger partial charge in [0.2, 0.25) is 0 Å². The minimum absolute atomic E-state index is 0.500. The van der Waals surface area contributed by atoms with Crippen molar-refractivity contribution in [2.45, 2.75) is 26.4 Å². The van der Waals surface area contributed by atoms with Crippen molar-refractivity contribution in [3.05, 3.63) is 0 Å². The fourth-order valence-corrected chi connectivity index (χ4v) is 0. The molecule has 0 saturated heterocycles. The van der Waals surface area contributed by atoms with Gasteiger partial charge in [-0.2, -0.15) is 0 Å². The highest BCUT2D eigenvalue weighted by molar-refractivity contribution is 4.50. The second-order valence-corrected chi connectivity index (χ2v) is 2.17. The zero-order valence-electron chi connectivity index (χ0n) is 3.95. The molecule has 0 spiro atoms. The summed E-state index contributed by atoms with van der Waals surface area (Å²) in [4.78, 5) is 0. The van der Waals surface area contributed by atoms with Crippen LogP contribution in [0.15, 0.2) is 0 Å². The maximum Gasteiger partial charge on any atom is 0.0563 e. The Labute approximate surface area is 32.6 Å². The molecule has 0 amide bonds. The van der Waals surface area contributed by atoms with Crippen LogP contribution >= 0.6 is 0 Å². The second-order valence-electron chi connectivity index (χ2n) is 2.17. The van der Waals surface area contributed by atoms with Crippen molar-refractivity contribution in [1.82, 2.24) is 0 Å². The third kappa shape index (κ3) is 9510. The van der Waals surface area contributed by atoms with E-state index < -0.39 is 5.60 Å². The highest BCUT2D eigenvalue weighted by atomic mass is 18.2. The van der Waals surface area contributed by atoms with E-state index in [4.69, 9.17) is 5.11 Å². The smallest absolute Gasteiger partial charge is 0.0563 e. The second kappa shape index (κ2) is 0.977. The van der Waals surface area contributed by atoms with Gasteiger partial charge in [0.1, 0.15) is 0 Å². The summed E-state index contributed by atoms with van der Waals surface area (Å²) in [5.41, 5.74) is -0.500. The molecule has 32 valence electrons. The van der Waals surface area contributed by atoms with E-state index in [0.29, 0.717) is 0 Å². The van der Waals surface area contributed by atoms with Crippen LogP contribution in [0.1, 0.15) is 20.8 Å². The highest BCUT2D eigenvalue weighted by Gasteiger charge is 1.97. The molecule has 0 aromatic rings. The largest absolute Gasteiger partial charge is 0.391 e. The average molecular weight is 76.1 g/mol. The molecule has 0 aliphatic heterocycles. The van der Waals surface area contributed by atoms with Gasteiger partial charge in [0.25, 0.3) is 0 Å². The van der Waals surface area contributed by atoms with Crippen molar-refractivity contribution in [1.29, 1.82) is 0 Å². The fraction of sp³-hybridized carbons (Fsp3) is 1.00. The summed E-state index contributed by atoms with van der Waals surface area (Å²) in [7, 11) is 0. The van der Waals surface area contributed by atoms with E-state index in [0.717, 1.165) is 0 Å². The first kappa shape index (κ1) is 4.96. The van der Waals surface area contributed by atoms with Crippen LogP contribution in [-0.2, 0) is 0 Å². The van der Waals surface area contributed by atoms with Crippen molar-refractivity contribution in [3.63, 3.8) is 0 Å². The first-order valence-electron chi connectivity index (χ1n) is 1.72. The van der Waals surface area contributed by atoms with E-state index >= 15 is 0 Å². The summed E-state index contributed by atoms with van der Waals surface area (Å²) in [6.07, 6.45) is 0. The Kier molecular flexibility index (Phi) is 0.969. The molecule has 5 heavy (non-hydrogen) atoms. The van der Waals surface area contributed by atoms with E-state index in [1.165, 1.54) is 0 Å². The Hall–Kier alpha value is -0.0400. The van der Waals surface area contributed by atoms with Gasteiger partial charge < -0.3 is 5.11 Å². The lowest BCUT2D eigenvalue weighted by atomic mass is 10.2. The van der Waals surface area contributed by atoms with Gasteiger partial charge in [-0.05, 0) is 20.8 Å². The Morgan fingerprint density at radius 2 is 1.20 bits per heavy atom. The SMILES string of the molecule is CC(C)(C)[18OH]. The molecule has 0 aromatic carbocycles. The van der Waals surface area contributed by atoms with E-state index in [1.807, 2.05) is 0 Å². The lowest BCUT2D eigenvalue weighted by Crippen LogP contribution is -2.10. The molecule has 0 aliphatic carbocycles. The molecule has 0 heterocycles. The quantitative estimate of drug-likeness (QED) is 0.423. The van der Waals surface area contributed by atoms with Crippen molar-refractivity contribution >= 4 is 0 Å². The zero-order chi connectivity index (χ0) is 4.50. The standard InChI is InChI=1S/C4H10O/c1-4(2,3)5/h5H,1-3H3/i5+2. The Morgan fingerprint density at radius 1 is 1.20 bits per heavy atom. The van der Waals surface area contributed by atoms with E-state index in [1.54, 1.807) is 20.8 Å². The number of rotatable bonds is 0. The lowest BCUT2D eigenvalue weighted by Gasteiger charge is -2.04. The number of aliphatic hydroxyl groups is 1. The fourth-order valence-electron chi connectivity index (χ4n) is 0. The normalized spacial score (nSPS) is 12.0. The van der Waals surface area contributed by atoms with Crippen LogP contribution in [0.2, 0.25) is 0 Å². The van der Waals surface area contributed by atoms with Gasteiger partial charge in [-0.25, -0.2) is 0 Å². The maximum atomic E-state index is 8.52. The average Bonchev–Trinajstić information content (AvgIpc) is 0.722. The first-order chi connectivity index (χ1) is 2.00. The van der Waals surface area contributed by atoms with Crippen LogP contribution in [0, 0.1) is 0 Å². The molecule has 0 bridgehead atoms. The van der Waals surface area contributed by atoms with Gasteiger partial charge in [0, 0.05) is 0 Å². The highest BCUT2D eigenvalue weighted by Crippen LogP contribution is 1.93. The van der Waals surface area contributed by atoms with Crippen molar-refractivity contribution < 1.29 is 5.11 Å². The van der Waals surface area contributed by atoms with Gasteiger partial charge in [0.15, 0.2) is 0 Å². The molecule has 0 atom stereocenters. The molecule has 1 heteroatoms. The molecule has 0 saturated carbocycles.